The molecular weight excluding hydrogens is 388 g/mol. The average molecular weight is 425 g/mol. The van der Waals surface area contributed by atoms with Crippen molar-refractivity contribution in [1.29, 1.82) is 0 Å². The average Bonchev–Trinajstić information content (AvgIpc) is 3.31. The van der Waals surface area contributed by atoms with Gasteiger partial charge in [-0.1, -0.05) is 25.5 Å². The molecule has 3 N–H and O–H groups in total. The van der Waals surface area contributed by atoms with E-state index in [9.17, 15) is 14.4 Å². The van der Waals surface area contributed by atoms with Crippen LogP contribution in [0.2, 0.25) is 0 Å². The van der Waals surface area contributed by atoms with Crippen molar-refractivity contribution >= 4 is 18.0 Å². The van der Waals surface area contributed by atoms with E-state index in [1.54, 1.807) is 0 Å². The van der Waals surface area contributed by atoms with Gasteiger partial charge >= 0.3 is 12.1 Å². The summed E-state index contributed by atoms with van der Waals surface area (Å²) in [7, 11) is 0. The second kappa shape index (κ2) is 13.3. The van der Waals surface area contributed by atoms with Crippen molar-refractivity contribution in [2.75, 3.05) is 19.7 Å². The Morgan fingerprint density at radius 2 is 1.83 bits per heavy atom. The second-order valence-corrected chi connectivity index (χ2v) is 8.11. The first-order valence-electron chi connectivity index (χ1n) is 11.2. The molecule has 0 spiro atoms. The van der Waals surface area contributed by atoms with E-state index in [0.29, 0.717) is 31.3 Å². The van der Waals surface area contributed by atoms with Gasteiger partial charge in [0.15, 0.2) is 6.61 Å². The largest absolute Gasteiger partial charge is 0.481 e. The number of allylic oxidation sites excluding steroid dienone is 2. The Morgan fingerprint density at radius 1 is 1.07 bits per heavy atom. The van der Waals surface area contributed by atoms with Crippen molar-refractivity contribution in [2.24, 2.45) is 11.8 Å². The van der Waals surface area contributed by atoms with Crippen molar-refractivity contribution < 1.29 is 29.0 Å². The predicted molar refractivity (Wildman–Crippen MR) is 112 cm³/mol. The number of aliphatic carboxylic acids is 1. The van der Waals surface area contributed by atoms with Crippen molar-refractivity contribution in [2.45, 2.75) is 76.9 Å². The zero-order valence-corrected chi connectivity index (χ0v) is 17.9. The molecule has 0 aromatic rings. The number of nitrogens with one attached hydrogen (secondary N) is 2. The van der Waals surface area contributed by atoms with Crippen LogP contribution in [0.1, 0.15) is 64.7 Å². The molecule has 4 atom stereocenters. The molecule has 0 saturated carbocycles. The number of hydrogen-bond acceptors (Lipinski definition) is 5. The lowest BCUT2D eigenvalue weighted by Crippen LogP contribution is -2.35. The van der Waals surface area contributed by atoms with Crippen LogP contribution in [-0.2, 0) is 19.1 Å². The van der Waals surface area contributed by atoms with Gasteiger partial charge in [0, 0.05) is 19.5 Å². The van der Waals surface area contributed by atoms with Gasteiger partial charge < -0.3 is 25.2 Å². The van der Waals surface area contributed by atoms with E-state index in [1.807, 2.05) is 6.92 Å². The molecule has 2 aliphatic heterocycles. The number of ether oxygens (including phenoxy) is 2. The van der Waals surface area contributed by atoms with Crippen LogP contribution in [0, 0.1) is 11.8 Å². The Kier molecular flexibility index (Phi) is 10.7. The second-order valence-electron chi connectivity index (χ2n) is 8.11. The molecule has 8 nitrogen and oxygen atoms in total. The molecule has 2 aliphatic rings. The maximum absolute atomic E-state index is 11.9. The number of hydrogen-bond donors (Lipinski definition) is 3. The van der Waals surface area contributed by atoms with E-state index in [-0.39, 0.29) is 31.1 Å². The number of carbonyl (C=O) groups excluding carboxylic acids is 2. The minimum absolute atomic E-state index is 0.202. The number of amides is 2. The highest BCUT2D eigenvalue weighted by Crippen LogP contribution is 2.46. The molecule has 30 heavy (non-hydrogen) atoms. The van der Waals surface area contributed by atoms with Crippen molar-refractivity contribution in [3.63, 3.8) is 0 Å². The molecule has 170 valence electrons. The number of fused-ring (bicyclic) bond motifs is 2. The fourth-order valence-corrected chi connectivity index (χ4v) is 4.32. The fraction of sp³-hybridized carbons (Fsp3) is 0.773. The van der Waals surface area contributed by atoms with Crippen LogP contribution >= 0.6 is 0 Å². The summed E-state index contributed by atoms with van der Waals surface area (Å²) in [6.45, 7) is 2.85. The van der Waals surface area contributed by atoms with E-state index in [4.69, 9.17) is 14.6 Å². The number of alkyl carbamates (subject to hydrolysis) is 1. The summed E-state index contributed by atoms with van der Waals surface area (Å²) in [4.78, 5) is 33.9. The van der Waals surface area contributed by atoms with Gasteiger partial charge in [-0.05, 0) is 56.8 Å². The molecule has 2 fully saturated rings. The Hall–Kier alpha value is -2.09. The molecule has 2 rings (SSSR count). The van der Waals surface area contributed by atoms with Gasteiger partial charge in [0.05, 0.1) is 12.2 Å². The lowest BCUT2D eigenvalue weighted by Gasteiger charge is -2.27. The molecule has 2 heterocycles. The fourth-order valence-electron chi connectivity index (χ4n) is 4.32. The van der Waals surface area contributed by atoms with Crippen LogP contribution in [0.25, 0.3) is 0 Å². The van der Waals surface area contributed by atoms with Crippen molar-refractivity contribution in [1.82, 2.24) is 10.6 Å². The van der Waals surface area contributed by atoms with E-state index in [2.05, 4.69) is 22.8 Å². The Morgan fingerprint density at radius 3 is 2.57 bits per heavy atom. The lowest BCUT2D eigenvalue weighted by atomic mass is 9.76. The maximum Gasteiger partial charge on any atom is 0.407 e. The third-order valence-electron chi connectivity index (χ3n) is 5.86. The van der Waals surface area contributed by atoms with Crippen LogP contribution in [0.4, 0.5) is 4.79 Å². The van der Waals surface area contributed by atoms with Gasteiger partial charge in [-0.3, -0.25) is 9.59 Å². The van der Waals surface area contributed by atoms with Crippen molar-refractivity contribution in [3.8, 4) is 0 Å². The monoisotopic (exact) mass is 424 g/mol. The van der Waals surface area contributed by atoms with Crippen LogP contribution in [0.3, 0.4) is 0 Å². The van der Waals surface area contributed by atoms with Gasteiger partial charge in [0.25, 0.3) is 5.91 Å². The highest BCUT2D eigenvalue weighted by molar-refractivity contribution is 5.79. The lowest BCUT2D eigenvalue weighted by molar-refractivity contribution is -0.137. The standard InChI is InChI=1S/C22H36N2O6/c1-2-3-13-24-22(28)29-15-20(25)23-14-12-17-16(18-10-11-19(17)30-18)8-6-4-5-7-9-21(26)27/h4,6,16-19H,2-3,5,7-15H2,1H3,(H,23,25)(H,24,28)(H,26,27)/b6-4-/t16-,17+,18-,19+/m1/s1. The molecule has 0 unspecified atom stereocenters. The first-order chi connectivity index (χ1) is 14.5. The predicted octanol–water partition coefficient (Wildman–Crippen LogP) is 3.01. The van der Waals surface area contributed by atoms with Crippen LogP contribution in [0.5, 0.6) is 0 Å². The van der Waals surface area contributed by atoms with Crippen molar-refractivity contribution in [3.05, 3.63) is 12.2 Å². The number of carbonyl (C=O) groups is 3. The molecule has 8 heteroatoms. The van der Waals surface area contributed by atoms with E-state index in [0.717, 1.165) is 44.9 Å². The van der Waals surface area contributed by atoms with Crippen LogP contribution < -0.4 is 10.6 Å². The third kappa shape index (κ3) is 8.34. The van der Waals surface area contributed by atoms with E-state index in [1.165, 1.54) is 0 Å². The molecule has 2 saturated heterocycles. The highest BCUT2D eigenvalue weighted by atomic mass is 16.6. The van der Waals surface area contributed by atoms with Gasteiger partial charge in [0.1, 0.15) is 0 Å². The zero-order valence-electron chi connectivity index (χ0n) is 17.9. The van der Waals surface area contributed by atoms with Gasteiger partial charge in [-0.15, -0.1) is 0 Å². The first kappa shape index (κ1) is 24.2. The van der Waals surface area contributed by atoms with E-state index >= 15 is 0 Å². The number of unbranched alkanes of at least 4 members (excludes halogenated alkanes) is 2. The zero-order chi connectivity index (χ0) is 21.8. The maximum atomic E-state index is 11.9. The minimum Gasteiger partial charge on any atom is -0.481 e. The number of rotatable bonds is 14. The SMILES string of the molecule is CCCCNC(=O)OCC(=O)NCC[C@H]1[C@@H](C/C=C\CCCC(=O)O)[C@H]2CC[C@@H]1O2. The summed E-state index contributed by atoms with van der Waals surface area (Å²) in [5.74, 6) is -0.197. The first-order valence-corrected chi connectivity index (χ1v) is 11.2. The molecule has 2 bridgehead atoms. The Bertz CT molecular complexity index is 594. The Labute approximate surface area is 178 Å². The summed E-state index contributed by atoms with van der Waals surface area (Å²) in [5, 5.41) is 14.1. The summed E-state index contributed by atoms with van der Waals surface area (Å²) < 4.78 is 11.0. The normalized spacial score (nSPS) is 24.8. The topological polar surface area (TPSA) is 114 Å². The Balaban J connectivity index is 1.64. The summed E-state index contributed by atoms with van der Waals surface area (Å²) >= 11 is 0. The quantitative estimate of drug-likeness (QED) is 0.292. The molecule has 0 radical (unpaired) electrons. The molecule has 0 aromatic carbocycles. The van der Waals surface area contributed by atoms with E-state index < -0.39 is 12.1 Å². The molecule has 2 amide bonds. The minimum atomic E-state index is -0.755. The van der Waals surface area contributed by atoms with Gasteiger partial charge in [0.2, 0.25) is 0 Å². The summed E-state index contributed by atoms with van der Waals surface area (Å²) in [6, 6.07) is 0. The third-order valence-corrected chi connectivity index (χ3v) is 5.86. The number of carboxylic acid groups (broad SMARTS) is 1. The van der Waals surface area contributed by atoms with Gasteiger partial charge in [-0.2, -0.15) is 0 Å². The van der Waals surface area contributed by atoms with Crippen LogP contribution in [-0.4, -0.2) is 55.0 Å². The highest BCUT2D eigenvalue weighted by Gasteiger charge is 2.47. The molecular formula is C22H36N2O6. The molecule has 0 aliphatic carbocycles. The molecule has 0 aromatic heterocycles. The smallest absolute Gasteiger partial charge is 0.407 e. The summed E-state index contributed by atoms with van der Waals surface area (Å²) in [6.07, 6.45) is 11.6. The summed E-state index contributed by atoms with van der Waals surface area (Å²) in [5.41, 5.74) is 0. The van der Waals surface area contributed by atoms with Gasteiger partial charge in [-0.25, -0.2) is 4.79 Å². The van der Waals surface area contributed by atoms with Crippen LogP contribution in [0.15, 0.2) is 12.2 Å². The number of carboxylic acids is 1.